The predicted molar refractivity (Wildman–Crippen MR) is 266 cm³/mol. The molecule has 63 heavy (non-hydrogen) atoms. The molecule has 0 amide bonds. The van der Waals surface area contributed by atoms with Gasteiger partial charge in [0.25, 0.3) is 0 Å². The van der Waals surface area contributed by atoms with Gasteiger partial charge in [0.2, 0.25) is 0 Å². The van der Waals surface area contributed by atoms with Crippen LogP contribution < -0.4 is 0 Å². The zero-order chi connectivity index (χ0) is 50.1. The molecule has 0 unspecified atom stereocenters. The monoisotopic (exact) mass is 811 g/mol. The van der Waals surface area contributed by atoms with Crippen molar-refractivity contribution in [3.8, 4) is 50.4 Å². The highest BCUT2D eigenvalue weighted by molar-refractivity contribution is 6.14. The van der Waals surface area contributed by atoms with E-state index in [-0.39, 0.29) is 59.7 Å². The quantitative estimate of drug-likeness (QED) is 0.159. The van der Waals surface area contributed by atoms with Crippen LogP contribution in [0.15, 0.2) is 236 Å². The number of hydrogen-bond donors (Lipinski definition) is 0. The Balaban J connectivity index is 1.00. The minimum atomic E-state index is -0.435. The fraction of sp³-hybridized carbons (Fsp3) is 0. The fourth-order valence-corrected chi connectivity index (χ4v) is 9.59. The van der Waals surface area contributed by atoms with E-state index >= 15 is 0 Å². The first-order chi connectivity index (χ1) is 35.4. The van der Waals surface area contributed by atoms with Crippen molar-refractivity contribution < 1.29 is 13.7 Å². The summed E-state index contributed by atoms with van der Waals surface area (Å²) >= 11 is 0. The Labute approximate surface area is 378 Å². The van der Waals surface area contributed by atoms with Crippen LogP contribution in [0.2, 0.25) is 0 Å². The van der Waals surface area contributed by atoms with E-state index in [9.17, 15) is 0 Å². The van der Waals surface area contributed by atoms with Gasteiger partial charge in [0.15, 0.2) is 0 Å². The molecule has 0 N–H and O–H groups in total. The Kier molecular flexibility index (Phi) is 5.98. The molecule has 0 atom stereocenters. The molecule has 0 bridgehead atoms. The minimum absolute atomic E-state index is 0.103. The van der Waals surface area contributed by atoms with Crippen molar-refractivity contribution in [2.75, 3.05) is 0 Å². The normalized spacial score (nSPS) is 14.0. The van der Waals surface area contributed by atoms with Crippen LogP contribution in [0.3, 0.4) is 0 Å². The van der Waals surface area contributed by atoms with Gasteiger partial charge in [-0.05, 0) is 130 Å². The summed E-state index contributed by atoms with van der Waals surface area (Å²) in [5, 5.41) is 5.60. The SMILES string of the molecule is [2H]c1c([2H])c([2H])c(-n2c3ccccc3c3cc(-c4ccc5c(c4)c4cc(-c6ccc7c(c6)c6ccccc6n7-c6c([2H])c([2H])c([2H])c([2H])c6[2H])ccc4n5-c4ccc(-c5ccccc5)cc4)ccc32)c([2H])c1[2H]. The van der Waals surface area contributed by atoms with Crippen LogP contribution in [0.25, 0.3) is 116 Å². The van der Waals surface area contributed by atoms with E-state index in [1.807, 2.05) is 91.0 Å². The number of hydrogen-bond acceptors (Lipinski definition) is 0. The number of benzene rings is 10. The Bertz CT molecular complexity index is 4190. The van der Waals surface area contributed by atoms with Crippen LogP contribution in [0.1, 0.15) is 13.7 Å². The minimum Gasteiger partial charge on any atom is -0.309 e. The molecule has 0 saturated heterocycles. The fourth-order valence-electron chi connectivity index (χ4n) is 9.59. The number of rotatable bonds is 6. The molecule has 10 aromatic carbocycles. The Morgan fingerprint density at radius 3 is 0.984 bits per heavy atom. The molecule has 0 fully saturated rings. The molecular weight excluding hydrogens is 763 g/mol. The summed E-state index contributed by atoms with van der Waals surface area (Å²) in [5.41, 5.74) is 12.2. The second-order valence-electron chi connectivity index (χ2n) is 15.8. The van der Waals surface area contributed by atoms with Gasteiger partial charge < -0.3 is 13.7 Å². The molecule has 0 aliphatic rings. The molecule has 3 heteroatoms. The predicted octanol–water partition coefficient (Wildman–Crippen LogP) is 16.0. The maximum atomic E-state index is 8.87. The summed E-state index contributed by atoms with van der Waals surface area (Å²) in [7, 11) is 0. The van der Waals surface area contributed by atoms with Gasteiger partial charge in [-0.25, -0.2) is 0 Å². The zero-order valence-corrected chi connectivity index (χ0v) is 33.6. The summed E-state index contributed by atoms with van der Waals surface area (Å²) in [6.45, 7) is 0. The maximum Gasteiger partial charge on any atom is 0.0645 e. The highest BCUT2D eigenvalue weighted by Gasteiger charge is 2.18. The van der Waals surface area contributed by atoms with E-state index in [0.717, 1.165) is 104 Å². The lowest BCUT2D eigenvalue weighted by molar-refractivity contribution is 1.18. The average Bonchev–Trinajstić information content (AvgIpc) is 4.06. The van der Waals surface area contributed by atoms with Crippen LogP contribution >= 0.6 is 0 Å². The largest absolute Gasteiger partial charge is 0.309 e. The lowest BCUT2D eigenvalue weighted by Gasteiger charge is -2.11. The molecule has 13 aromatic rings. The first kappa shape index (κ1) is 26.7. The summed E-state index contributed by atoms with van der Waals surface area (Å²) in [6.07, 6.45) is 0. The van der Waals surface area contributed by atoms with Crippen molar-refractivity contribution in [2.24, 2.45) is 0 Å². The number of para-hydroxylation sites is 4. The molecule has 0 aliphatic carbocycles. The van der Waals surface area contributed by atoms with Crippen LogP contribution in [-0.4, -0.2) is 13.7 Å². The van der Waals surface area contributed by atoms with Crippen molar-refractivity contribution in [2.45, 2.75) is 0 Å². The van der Waals surface area contributed by atoms with Crippen LogP contribution in [0, 0.1) is 0 Å². The van der Waals surface area contributed by atoms with Gasteiger partial charge in [-0.2, -0.15) is 0 Å². The van der Waals surface area contributed by atoms with Crippen LogP contribution in [0.4, 0.5) is 0 Å². The van der Waals surface area contributed by atoms with E-state index in [1.165, 1.54) is 0 Å². The van der Waals surface area contributed by atoms with Gasteiger partial charge in [-0.3, -0.25) is 0 Å². The number of fused-ring (bicyclic) bond motifs is 9. The Morgan fingerprint density at radius 2 is 0.556 bits per heavy atom. The molecular formula is C60H39N3. The third-order valence-corrected chi connectivity index (χ3v) is 12.4. The summed E-state index contributed by atoms with van der Waals surface area (Å²) < 4.78 is 91.7. The molecule has 0 aliphatic heterocycles. The Morgan fingerprint density at radius 1 is 0.238 bits per heavy atom. The van der Waals surface area contributed by atoms with Gasteiger partial charge >= 0.3 is 0 Å². The van der Waals surface area contributed by atoms with Crippen LogP contribution in [-0.2, 0) is 0 Å². The molecule has 0 radical (unpaired) electrons. The van der Waals surface area contributed by atoms with Gasteiger partial charge in [-0.15, -0.1) is 0 Å². The summed E-state index contributed by atoms with van der Waals surface area (Å²) in [6, 6.07) is 56.2. The summed E-state index contributed by atoms with van der Waals surface area (Å²) in [4.78, 5) is 0. The second kappa shape index (κ2) is 14.1. The van der Waals surface area contributed by atoms with E-state index in [4.69, 9.17) is 13.7 Å². The van der Waals surface area contributed by atoms with Crippen molar-refractivity contribution in [1.29, 1.82) is 0 Å². The molecule has 3 aromatic heterocycles. The highest BCUT2D eigenvalue weighted by Crippen LogP contribution is 2.41. The maximum absolute atomic E-state index is 8.87. The van der Waals surface area contributed by atoms with Gasteiger partial charge in [0.05, 0.1) is 46.8 Å². The smallest absolute Gasteiger partial charge is 0.0645 e. The molecule has 0 saturated carbocycles. The van der Waals surface area contributed by atoms with Gasteiger partial charge in [0.1, 0.15) is 0 Å². The van der Waals surface area contributed by atoms with Crippen molar-refractivity contribution >= 4 is 65.4 Å². The van der Waals surface area contributed by atoms with Crippen molar-refractivity contribution in [3.63, 3.8) is 0 Å². The Hall–Kier alpha value is -8.40. The van der Waals surface area contributed by atoms with E-state index < -0.39 is 12.1 Å². The molecule has 0 spiro atoms. The van der Waals surface area contributed by atoms with Crippen LogP contribution in [0.5, 0.6) is 0 Å². The van der Waals surface area contributed by atoms with Crippen molar-refractivity contribution in [3.05, 3.63) is 236 Å². The van der Waals surface area contributed by atoms with E-state index in [0.29, 0.717) is 0 Å². The molecule has 294 valence electrons. The second-order valence-corrected chi connectivity index (χ2v) is 15.8. The first-order valence-corrected chi connectivity index (χ1v) is 20.9. The highest BCUT2D eigenvalue weighted by atomic mass is 15.0. The van der Waals surface area contributed by atoms with E-state index in [1.54, 1.807) is 9.13 Å². The third-order valence-electron chi connectivity index (χ3n) is 12.4. The molecule has 3 nitrogen and oxygen atoms in total. The van der Waals surface area contributed by atoms with Crippen molar-refractivity contribution in [1.82, 2.24) is 13.7 Å². The van der Waals surface area contributed by atoms with Gasteiger partial charge in [0, 0.05) is 49.4 Å². The zero-order valence-electron chi connectivity index (χ0n) is 43.6. The average molecular weight is 812 g/mol. The molecule has 13 rings (SSSR count). The lowest BCUT2D eigenvalue weighted by Crippen LogP contribution is -1.94. The number of nitrogens with zero attached hydrogens (tertiary/aromatic N) is 3. The summed E-state index contributed by atoms with van der Waals surface area (Å²) in [5.74, 6) is 0. The third kappa shape index (κ3) is 5.60. The van der Waals surface area contributed by atoms with E-state index in [2.05, 4.69) is 89.5 Å². The standard InChI is InChI=1S/C60H39N3/c1-4-14-40(15-5-1)41-24-30-48(31-25-41)63-59-34-28-44(42-26-32-57-51(36-42)49-20-10-12-22-55(49)61(57)46-16-6-2-7-17-46)38-53(59)54-39-45(29-35-60(54)63)43-27-33-58-52(37-43)50-21-11-13-23-56(50)62(58)47-18-8-3-9-19-47/h1-39H/i2D,3D,6D,7D,8D,9D,16D,17D,18D,19D. The topological polar surface area (TPSA) is 14.8 Å². The molecule has 3 heterocycles. The first-order valence-electron chi connectivity index (χ1n) is 25.9. The number of aromatic nitrogens is 3. The van der Waals surface area contributed by atoms with Gasteiger partial charge in [-0.1, -0.05) is 139 Å². The lowest BCUT2D eigenvalue weighted by atomic mass is 9.98.